The molecule has 0 bridgehead atoms. The SMILES string of the molecule is CC(c1ccc(F)cc1)n1nc(C(F)(F)F)c2c1CNCC2.Cl. The Morgan fingerprint density at radius 1 is 1.22 bits per heavy atom. The normalized spacial score (nSPS) is 15.7. The average molecular weight is 350 g/mol. The highest BCUT2D eigenvalue weighted by Gasteiger charge is 2.40. The third kappa shape index (κ3) is 3.35. The third-order valence-corrected chi connectivity index (χ3v) is 3.95. The molecule has 3 rings (SSSR count). The predicted octanol–water partition coefficient (Wildman–Crippen LogP) is 3.72. The molecular weight excluding hydrogens is 334 g/mol. The molecule has 1 unspecified atom stereocenters. The summed E-state index contributed by atoms with van der Waals surface area (Å²) in [4.78, 5) is 0. The van der Waals surface area contributed by atoms with Crippen LogP contribution in [0.25, 0.3) is 0 Å². The minimum atomic E-state index is -4.46. The first kappa shape index (κ1) is 17.7. The van der Waals surface area contributed by atoms with Crippen LogP contribution in [-0.2, 0) is 19.1 Å². The molecule has 8 heteroatoms. The Morgan fingerprint density at radius 2 is 1.87 bits per heavy atom. The van der Waals surface area contributed by atoms with Crippen molar-refractivity contribution in [2.24, 2.45) is 0 Å². The lowest BCUT2D eigenvalue weighted by Crippen LogP contribution is -2.27. The first-order valence-corrected chi connectivity index (χ1v) is 7.01. The van der Waals surface area contributed by atoms with Crippen LogP contribution >= 0.6 is 12.4 Å². The topological polar surface area (TPSA) is 29.9 Å². The van der Waals surface area contributed by atoms with Crippen LogP contribution in [-0.4, -0.2) is 16.3 Å². The second-order valence-electron chi connectivity index (χ2n) is 5.37. The number of fused-ring (bicyclic) bond motifs is 1. The first-order chi connectivity index (χ1) is 10.4. The van der Waals surface area contributed by atoms with Gasteiger partial charge in [0.15, 0.2) is 5.69 Å². The molecule has 2 aromatic rings. The maximum Gasteiger partial charge on any atom is 0.435 e. The predicted molar refractivity (Wildman–Crippen MR) is 80.1 cm³/mol. The van der Waals surface area contributed by atoms with E-state index in [4.69, 9.17) is 0 Å². The van der Waals surface area contributed by atoms with Crippen LogP contribution in [0.3, 0.4) is 0 Å². The molecule has 1 aliphatic rings. The molecule has 0 saturated heterocycles. The third-order valence-electron chi connectivity index (χ3n) is 3.95. The van der Waals surface area contributed by atoms with Crippen molar-refractivity contribution in [1.82, 2.24) is 15.1 Å². The fourth-order valence-corrected chi connectivity index (χ4v) is 2.80. The number of hydrogen-bond donors (Lipinski definition) is 1. The Bertz CT molecular complexity index is 679. The summed E-state index contributed by atoms with van der Waals surface area (Å²) in [5, 5.41) is 6.89. The second-order valence-corrected chi connectivity index (χ2v) is 5.37. The Kier molecular flexibility index (Phi) is 5.01. The Labute approximate surface area is 137 Å². The van der Waals surface area contributed by atoms with Gasteiger partial charge in [-0.1, -0.05) is 12.1 Å². The number of nitrogens with zero attached hydrogens (tertiary/aromatic N) is 2. The van der Waals surface area contributed by atoms with E-state index in [1.54, 1.807) is 19.1 Å². The Hall–Kier alpha value is -1.60. The zero-order chi connectivity index (χ0) is 15.9. The van der Waals surface area contributed by atoms with E-state index in [0.29, 0.717) is 30.8 Å². The molecule has 1 atom stereocenters. The van der Waals surface area contributed by atoms with Crippen molar-refractivity contribution in [2.75, 3.05) is 6.54 Å². The fraction of sp³-hybridized carbons (Fsp3) is 0.400. The molecular formula is C15H16ClF4N3. The summed E-state index contributed by atoms with van der Waals surface area (Å²) < 4.78 is 53.9. The fourth-order valence-electron chi connectivity index (χ4n) is 2.80. The van der Waals surface area contributed by atoms with Crippen LogP contribution < -0.4 is 5.32 Å². The van der Waals surface area contributed by atoms with Crippen molar-refractivity contribution in [3.05, 3.63) is 52.6 Å². The van der Waals surface area contributed by atoms with Crippen molar-refractivity contribution in [1.29, 1.82) is 0 Å². The van der Waals surface area contributed by atoms with Crippen molar-refractivity contribution in [2.45, 2.75) is 32.1 Å². The van der Waals surface area contributed by atoms with Crippen molar-refractivity contribution >= 4 is 12.4 Å². The quantitative estimate of drug-likeness (QED) is 0.837. The lowest BCUT2D eigenvalue weighted by molar-refractivity contribution is -0.142. The van der Waals surface area contributed by atoms with Gasteiger partial charge < -0.3 is 5.32 Å². The summed E-state index contributed by atoms with van der Waals surface area (Å²) in [6, 6.07) is 5.33. The van der Waals surface area contributed by atoms with Gasteiger partial charge in [-0.25, -0.2) is 4.39 Å². The molecule has 3 nitrogen and oxygen atoms in total. The number of halogens is 5. The minimum absolute atomic E-state index is 0. The van der Waals surface area contributed by atoms with Crippen molar-refractivity contribution in [3.8, 4) is 0 Å². The van der Waals surface area contributed by atoms with Gasteiger partial charge in [0.1, 0.15) is 5.82 Å². The standard InChI is InChI=1S/C15H15F4N3.ClH/c1-9(10-2-4-11(16)5-3-10)22-13-8-20-7-6-12(13)14(21-22)15(17,18)19;/h2-5,9,20H,6-8H2,1H3;1H. The highest BCUT2D eigenvalue weighted by atomic mass is 35.5. The molecule has 1 aromatic heterocycles. The Balaban J connectivity index is 0.00000192. The van der Waals surface area contributed by atoms with Gasteiger partial charge in [0.2, 0.25) is 0 Å². The highest BCUT2D eigenvalue weighted by molar-refractivity contribution is 5.85. The monoisotopic (exact) mass is 349 g/mol. The van der Waals surface area contributed by atoms with E-state index in [2.05, 4.69) is 10.4 Å². The Morgan fingerprint density at radius 3 is 2.48 bits per heavy atom. The molecule has 0 spiro atoms. The molecule has 0 fully saturated rings. The van der Waals surface area contributed by atoms with Gasteiger partial charge in [0.05, 0.1) is 11.7 Å². The number of rotatable bonds is 2. The van der Waals surface area contributed by atoms with E-state index in [-0.39, 0.29) is 23.8 Å². The summed E-state index contributed by atoms with van der Waals surface area (Å²) in [7, 11) is 0. The summed E-state index contributed by atoms with van der Waals surface area (Å²) in [5.41, 5.74) is 0.722. The van der Waals surface area contributed by atoms with E-state index in [9.17, 15) is 17.6 Å². The molecule has 0 radical (unpaired) electrons. The number of nitrogens with one attached hydrogen (secondary N) is 1. The van der Waals surface area contributed by atoms with E-state index in [1.165, 1.54) is 16.8 Å². The molecule has 0 amide bonds. The molecule has 0 saturated carbocycles. The van der Waals surface area contributed by atoms with E-state index >= 15 is 0 Å². The average Bonchev–Trinajstić information content (AvgIpc) is 2.87. The summed E-state index contributed by atoms with van der Waals surface area (Å²) in [6.07, 6.45) is -4.16. The number of alkyl halides is 3. The summed E-state index contributed by atoms with van der Waals surface area (Å²) >= 11 is 0. The molecule has 0 aliphatic carbocycles. The lowest BCUT2D eigenvalue weighted by atomic mass is 10.0. The van der Waals surface area contributed by atoms with Gasteiger partial charge in [-0.05, 0) is 37.6 Å². The maximum absolute atomic E-state index is 13.2. The number of benzene rings is 1. The summed E-state index contributed by atoms with van der Waals surface area (Å²) in [6.45, 7) is 2.62. The molecule has 23 heavy (non-hydrogen) atoms. The van der Waals surface area contributed by atoms with Gasteiger partial charge in [-0.2, -0.15) is 18.3 Å². The zero-order valence-corrected chi connectivity index (χ0v) is 13.1. The number of aromatic nitrogens is 2. The van der Waals surface area contributed by atoms with Crippen LogP contribution in [0.5, 0.6) is 0 Å². The van der Waals surface area contributed by atoms with Crippen LogP contribution in [0, 0.1) is 5.82 Å². The van der Waals surface area contributed by atoms with Crippen LogP contribution in [0.2, 0.25) is 0 Å². The van der Waals surface area contributed by atoms with Gasteiger partial charge in [-0.15, -0.1) is 12.4 Å². The smallest absolute Gasteiger partial charge is 0.311 e. The molecule has 1 aliphatic heterocycles. The van der Waals surface area contributed by atoms with Crippen LogP contribution in [0.15, 0.2) is 24.3 Å². The van der Waals surface area contributed by atoms with Gasteiger partial charge in [0, 0.05) is 12.1 Å². The lowest BCUT2D eigenvalue weighted by Gasteiger charge is -2.20. The zero-order valence-electron chi connectivity index (χ0n) is 12.3. The molecule has 126 valence electrons. The van der Waals surface area contributed by atoms with E-state index < -0.39 is 17.9 Å². The number of hydrogen-bond acceptors (Lipinski definition) is 2. The van der Waals surface area contributed by atoms with Crippen LogP contribution in [0.4, 0.5) is 17.6 Å². The van der Waals surface area contributed by atoms with Gasteiger partial charge in [-0.3, -0.25) is 4.68 Å². The van der Waals surface area contributed by atoms with Crippen molar-refractivity contribution in [3.63, 3.8) is 0 Å². The highest BCUT2D eigenvalue weighted by Crippen LogP contribution is 2.35. The van der Waals surface area contributed by atoms with Gasteiger partial charge in [0.25, 0.3) is 0 Å². The molecule has 1 aromatic carbocycles. The maximum atomic E-state index is 13.2. The van der Waals surface area contributed by atoms with Crippen molar-refractivity contribution < 1.29 is 17.6 Å². The van der Waals surface area contributed by atoms with Crippen LogP contribution in [0.1, 0.15) is 35.5 Å². The molecule has 2 heterocycles. The molecule has 1 N–H and O–H groups in total. The first-order valence-electron chi connectivity index (χ1n) is 7.01. The van der Waals surface area contributed by atoms with E-state index in [0.717, 1.165) is 0 Å². The second kappa shape index (κ2) is 6.49. The summed E-state index contributed by atoms with van der Waals surface area (Å²) in [5.74, 6) is -0.379. The van der Waals surface area contributed by atoms with Gasteiger partial charge >= 0.3 is 6.18 Å². The van der Waals surface area contributed by atoms with E-state index in [1.807, 2.05) is 0 Å². The minimum Gasteiger partial charge on any atom is -0.311 e. The largest absolute Gasteiger partial charge is 0.435 e.